The summed E-state index contributed by atoms with van der Waals surface area (Å²) in [6, 6.07) is 15.7. The molecule has 0 aliphatic heterocycles. The molecule has 2 aromatic rings. The summed E-state index contributed by atoms with van der Waals surface area (Å²) in [5.74, 6) is 0. The average Bonchev–Trinajstić information content (AvgIpc) is 2.31. The van der Waals surface area contributed by atoms with Gasteiger partial charge >= 0.3 is 5.11 Å². The Balaban J connectivity index is 2.12. The Morgan fingerprint density at radius 2 is 1.53 bits per heavy atom. The van der Waals surface area contributed by atoms with Gasteiger partial charge in [-0.05, 0) is 24.3 Å². The Bertz CT molecular complexity index is 440. The topological polar surface area (TPSA) is 15.9 Å². The van der Waals surface area contributed by atoms with Crippen molar-refractivity contribution in [2.45, 2.75) is 0 Å². The third-order valence-corrected chi connectivity index (χ3v) is 2.29. The number of hydrogen-bond acceptors (Lipinski definition) is 1. The molecular weight excluding hydrogens is 204 g/mol. The number of aromatic nitrogens is 1. The minimum Gasteiger partial charge on any atom is -0.230 e. The van der Waals surface area contributed by atoms with E-state index < -0.39 is 0 Å². The van der Waals surface area contributed by atoms with E-state index in [0.717, 1.165) is 5.69 Å². The lowest BCUT2D eigenvalue weighted by molar-refractivity contribution is -0.551. The minimum absolute atomic E-state index is 0.668. The van der Waals surface area contributed by atoms with E-state index in [1.807, 2.05) is 65.5 Å². The number of nitrogens with zero attached hydrogens (tertiary/aromatic N) is 1. The Morgan fingerprint density at radius 1 is 0.933 bits per heavy atom. The molecule has 2 rings (SSSR count). The van der Waals surface area contributed by atoms with Crippen molar-refractivity contribution in [3.05, 3.63) is 60.9 Å². The molecule has 0 bridgehead atoms. The number of hydrogen-bond donors (Lipinski definition) is 1. The van der Waals surface area contributed by atoms with Crippen molar-refractivity contribution in [2.24, 2.45) is 0 Å². The van der Waals surface area contributed by atoms with E-state index in [1.54, 1.807) is 0 Å². The smallest absolute Gasteiger partial charge is 0.230 e. The van der Waals surface area contributed by atoms with Crippen molar-refractivity contribution in [3.8, 4) is 0 Å². The molecule has 1 N–H and O–H groups in total. The molecule has 0 radical (unpaired) electrons. The van der Waals surface area contributed by atoms with Gasteiger partial charge in [-0.2, -0.15) is 4.57 Å². The maximum atomic E-state index is 5.25. The summed E-state index contributed by atoms with van der Waals surface area (Å²) < 4.78 is 1.86. The van der Waals surface area contributed by atoms with Gasteiger partial charge in [0, 0.05) is 12.2 Å². The number of para-hydroxylation sites is 1. The second-order valence-electron chi connectivity index (χ2n) is 3.08. The largest absolute Gasteiger partial charge is 0.353 e. The maximum absolute atomic E-state index is 5.25. The van der Waals surface area contributed by atoms with Crippen LogP contribution in [-0.2, 0) is 0 Å². The Hall–Kier alpha value is -1.74. The molecule has 0 saturated carbocycles. The third-order valence-electron chi connectivity index (χ3n) is 1.98. The zero-order valence-corrected chi connectivity index (χ0v) is 8.95. The van der Waals surface area contributed by atoms with Crippen LogP contribution in [0.5, 0.6) is 0 Å². The van der Waals surface area contributed by atoms with E-state index in [0.29, 0.717) is 5.11 Å². The summed E-state index contributed by atoms with van der Waals surface area (Å²) in [6.45, 7) is 0. The normalized spacial score (nSPS) is 9.60. The zero-order valence-electron chi connectivity index (χ0n) is 8.13. The van der Waals surface area contributed by atoms with Crippen LogP contribution in [0.15, 0.2) is 60.9 Å². The Morgan fingerprint density at radius 3 is 2.20 bits per heavy atom. The van der Waals surface area contributed by atoms with Crippen LogP contribution >= 0.6 is 12.2 Å². The van der Waals surface area contributed by atoms with Gasteiger partial charge in [0.25, 0.3) is 0 Å². The summed E-state index contributed by atoms with van der Waals surface area (Å²) in [4.78, 5) is 0. The van der Waals surface area contributed by atoms with Gasteiger partial charge in [-0.15, -0.1) is 0 Å². The highest BCUT2D eigenvalue weighted by Crippen LogP contribution is 2.03. The molecule has 0 aliphatic carbocycles. The molecular formula is C12H11N2S+. The van der Waals surface area contributed by atoms with Crippen LogP contribution < -0.4 is 9.88 Å². The molecule has 1 heterocycles. The number of rotatable bonds is 1. The van der Waals surface area contributed by atoms with Crippen LogP contribution in [0.1, 0.15) is 0 Å². The van der Waals surface area contributed by atoms with Crippen LogP contribution in [-0.4, -0.2) is 5.11 Å². The van der Waals surface area contributed by atoms with Crippen LogP contribution in [0.25, 0.3) is 0 Å². The van der Waals surface area contributed by atoms with Crippen molar-refractivity contribution in [1.29, 1.82) is 0 Å². The molecule has 15 heavy (non-hydrogen) atoms. The molecule has 0 fully saturated rings. The van der Waals surface area contributed by atoms with E-state index in [4.69, 9.17) is 12.2 Å². The van der Waals surface area contributed by atoms with Crippen LogP contribution in [0.2, 0.25) is 0 Å². The van der Waals surface area contributed by atoms with Gasteiger partial charge in [0.15, 0.2) is 0 Å². The highest BCUT2D eigenvalue weighted by molar-refractivity contribution is 7.80. The first kappa shape index (κ1) is 9.80. The molecule has 0 spiro atoms. The Kier molecular flexibility index (Phi) is 3.05. The number of anilines is 1. The first-order chi connectivity index (χ1) is 7.36. The monoisotopic (exact) mass is 215 g/mol. The second kappa shape index (κ2) is 4.66. The third kappa shape index (κ3) is 2.60. The van der Waals surface area contributed by atoms with Crippen molar-refractivity contribution in [2.75, 3.05) is 5.32 Å². The van der Waals surface area contributed by atoms with E-state index in [2.05, 4.69) is 5.32 Å². The zero-order chi connectivity index (χ0) is 10.5. The molecule has 74 valence electrons. The molecule has 0 amide bonds. The van der Waals surface area contributed by atoms with Gasteiger partial charge in [0.2, 0.25) is 0 Å². The van der Waals surface area contributed by atoms with Gasteiger partial charge in [0.05, 0.1) is 12.4 Å². The van der Waals surface area contributed by atoms with Crippen LogP contribution in [0.3, 0.4) is 0 Å². The van der Waals surface area contributed by atoms with E-state index in [1.165, 1.54) is 0 Å². The lowest BCUT2D eigenvalue weighted by Gasteiger charge is -2.00. The van der Waals surface area contributed by atoms with E-state index >= 15 is 0 Å². The number of benzene rings is 1. The molecule has 1 aromatic heterocycles. The fourth-order valence-electron chi connectivity index (χ4n) is 1.24. The van der Waals surface area contributed by atoms with Crippen molar-refractivity contribution in [1.82, 2.24) is 0 Å². The van der Waals surface area contributed by atoms with Crippen molar-refractivity contribution < 1.29 is 4.57 Å². The molecule has 3 heteroatoms. The predicted molar refractivity (Wildman–Crippen MR) is 64.7 cm³/mol. The first-order valence-corrected chi connectivity index (χ1v) is 5.10. The van der Waals surface area contributed by atoms with Crippen LogP contribution in [0.4, 0.5) is 5.69 Å². The molecule has 0 atom stereocenters. The molecule has 0 saturated heterocycles. The van der Waals surface area contributed by atoms with E-state index in [9.17, 15) is 0 Å². The second-order valence-corrected chi connectivity index (χ2v) is 3.47. The lowest BCUT2D eigenvalue weighted by Crippen LogP contribution is -2.45. The number of thiocarbonyl (C=S) groups is 1. The van der Waals surface area contributed by atoms with Crippen LogP contribution in [0, 0.1) is 0 Å². The molecule has 1 aromatic carbocycles. The standard InChI is InChI=1S/C12H10N2S/c15-12(14-9-5-2-6-10-14)13-11-7-3-1-4-8-11/h1-10H/p+1. The first-order valence-electron chi connectivity index (χ1n) is 4.69. The van der Waals surface area contributed by atoms with Gasteiger partial charge in [0.1, 0.15) is 5.69 Å². The average molecular weight is 215 g/mol. The van der Waals surface area contributed by atoms with Crippen molar-refractivity contribution >= 4 is 23.0 Å². The number of nitrogens with one attached hydrogen (secondary N) is 1. The van der Waals surface area contributed by atoms with Gasteiger partial charge in [-0.1, -0.05) is 24.3 Å². The Labute approximate surface area is 94.2 Å². The minimum atomic E-state index is 0.668. The highest BCUT2D eigenvalue weighted by Gasteiger charge is 2.06. The summed E-state index contributed by atoms with van der Waals surface area (Å²) in [5, 5.41) is 3.82. The van der Waals surface area contributed by atoms with Gasteiger partial charge < -0.3 is 0 Å². The molecule has 0 aliphatic rings. The summed E-state index contributed by atoms with van der Waals surface area (Å²) in [7, 11) is 0. The molecule has 0 unspecified atom stereocenters. The molecule has 2 nitrogen and oxygen atoms in total. The quantitative estimate of drug-likeness (QED) is 0.580. The highest BCUT2D eigenvalue weighted by atomic mass is 32.1. The number of pyridine rings is 1. The van der Waals surface area contributed by atoms with E-state index in [-0.39, 0.29) is 0 Å². The fourth-order valence-corrected chi connectivity index (χ4v) is 1.48. The lowest BCUT2D eigenvalue weighted by atomic mass is 10.3. The summed E-state index contributed by atoms with van der Waals surface area (Å²) in [6.07, 6.45) is 3.83. The van der Waals surface area contributed by atoms with Crippen molar-refractivity contribution in [3.63, 3.8) is 0 Å². The summed E-state index contributed by atoms with van der Waals surface area (Å²) in [5.41, 5.74) is 0.999. The van der Waals surface area contributed by atoms with Gasteiger partial charge in [-0.25, -0.2) is 5.32 Å². The SMILES string of the molecule is S=C(Nc1ccccc1)[n+]1ccccc1. The summed E-state index contributed by atoms with van der Waals surface area (Å²) >= 11 is 5.25. The predicted octanol–water partition coefficient (Wildman–Crippen LogP) is 2.22. The van der Waals surface area contributed by atoms with Gasteiger partial charge in [-0.3, -0.25) is 0 Å². The maximum Gasteiger partial charge on any atom is 0.353 e. The fraction of sp³-hybridized carbons (Fsp3) is 0.